The van der Waals surface area contributed by atoms with Crippen molar-refractivity contribution in [2.45, 2.75) is 45.4 Å². The molecule has 1 heterocycles. The second-order valence-electron chi connectivity index (χ2n) is 7.86. The van der Waals surface area contributed by atoms with Crippen LogP contribution in [-0.4, -0.2) is 46.7 Å². The van der Waals surface area contributed by atoms with E-state index in [-0.39, 0.29) is 12.5 Å². The van der Waals surface area contributed by atoms with Crippen LogP contribution in [0.4, 0.5) is 11.4 Å². The van der Waals surface area contributed by atoms with Gasteiger partial charge in [-0.3, -0.25) is 9.69 Å². The number of benzene rings is 2. The van der Waals surface area contributed by atoms with Crippen LogP contribution in [0.1, 0.15) is 42.6 Å². The topological polar surface area (TPSA) is 84.8 Å². The van der Waals surface area contributed by atoms with Gasteiger partial charge in [-0.15, -0.1) is 0 Å². The third-order valence-electron chi connectivity index (χ3n) is 5.42. The molecule has 4 N–H and O–H groups in total. The van der Waals surface area contributed by atoms with Crippen LogP contribution in [0.3, 0.4) is 0 Å². The molecule has 1 atom stereocenters. The molecule has 1 amide bonds. The number of carbonyl (C=O) groups is 1. The molecule has 0 saturated carbocycles. The minimum atomic E-state index is -0.511. The van der Waals surface area contributed by atoms with Gasteiger partial charge in [0, 0.05) is 36.1 Å². The molecule has 6 heteroatoms. The quantitative estimate of drug-likeness (QED) is 0.577. The molecular formula is C23H31N3O3. The van der Waals surface area contributed by atoms with Gasteiger partial charge in [-0.25, -0.2) is 0 Å². The molecule has 2 aromatic rings. The minimum absolute atomic E-state index is 0.0256. The molecule has 0 spiro atoms. The van der Waals surface area contributed by atoms with E-state index in [1.807, 2.05) is 43.3 Å². The lowest BCUT2D eigenvalue weighted by Gasteiger charge is -2.32. The van der Waals surface area contributed by atoms with Gasteiger partial charge >= 0.3 is 0 Å². The highest BCUT2D eigenvalue weighted by Crippen LogP contribution is 2.22. The summed E-state index contributed by atoms with van der Waals surface area (Å²) in [7, 11) is 0. The molecule has 0 bridgehead atoms. The maximum atomic E-state index is 12.3. The first-order valence-corrected chi connectivity index (χ1v) is 10.2. The van der Waals surface area contributed by atoms with Crippen molar-refractivity contribution < 1.29 is 15.0 Å². The first kappa shape index (κ1) is 21.3. The van der Waals surface area contributed by atoms with Gasteiger partial charge in [0.2, 0.25) is 5.91 Å². The Kier molecular flexibility index (Phi) is 7.25. The summed E-state index contributed by atoms with van der Waals surface area (Å²) in [6, 6.07) is 13.7. The van der Waals surface area contributed by atoms with Crippen molar-refractivity contribution in [3.63, 3.8) is 0 Å². The van der Waals surface area contributed by atoms with Gasteiger partial charge in [-0.2, -0.15) is 0 Å². The second kappa shape index (κ2) is 9.87. The molecule has 29 heavy (non-hydrogen) atoms. The van der Waals surface area contributed by atoms with Gasteiger partial charge in [0.1, 0.15) is 0 Å². The smallest absolute Gasteiger partial charge is 0.238 e. The highest BCUT2D eigenvalue weighted by atomic mass is 16.3. The van der Waals surface area contributed by atoms with Crippen LogP contribution >= 0.6 is 0 Å². The third-order valence-corrected chi connectivity index (χ3v) is 5.42. The van der Waals surface area contributed by atoms with Crippen LogP contribution < -0.4 is 10.6 Å². The lowest BCUT2D eigenvalue weighted by atomic mass is 10.0. The monoisotopic (exact) mass is 397 g/mol. The summed E-state index contributed by atoms with van der Waals surface area (Å²) in [4.78, 5) is 14.5. The summed E-state index contributed by atoms with van der Waals surface area (Å²) in [5.41, 5.74) is 4.63. The van der Waals surface area contributed by atoms with Crippen molar-refractivity contribution in [3.05, 3.63) is 59.2 Å². The average Bonchev–Trinajstić information content (AvgIpc) is 2.71. The van der Waals surface area contributed by atoms with Crippen LogP contribution in [0.25, 0.3) is 0 Å². The van der Waals surface area contributed by atoms with E-state index in [9.17, 15) is 15.0 Å². The largest absolute Gasteiger partial charge is 0.392 e. The molecule has 0 radical (unpaired) electrons. The normalized spacial score (nSPS) is 16.4. The number of nitrogens with one attached hydrogen (secondary N) is 2. The van der Waals surface area contributed by atoms with Gasteiger partial charge in [-0.1, -0.05) is 29.8 Å². The lowest BCUT2D eigenvalue weighted by molar-refractivity contribution is -0.117. The van der Waals surface area contributed by atoms with E-state index in [0.29, 0.717) is 12.6 Å². The Balaban J connectivity index is 1.45. The van der Waals surface area contributed by atoms with Crippen LogP contribution in [0.5, 0.6) is 0 Å². The van der Waals surface area contributed by atoms with Crippen molar-refractivity contribution >= 4 is 17.3 Å². The van der Waals surface area contributed by atoms with E-state index in [0.717, 1.165) is 54.0 Å². The molecule has 6 nitrogen and oxygen atoms in total. The Labute approximate surface area is 172 Å². The van der Waals surface area contributed by atoms with Crippen molar-refractivity contribution in [1.29, 1.82) is 0 Å². The number of carbonyl (C=O) groups excluding carboxylic acids is 1. The summed E-state index contributed by atoms with van der Waals surface area (Å²) in [5.74, 6) is -0.0256. The molecule has 1 aliphatic heterocycles. The Hall–Kier alpha value is -2.41. The maximum Gasteiger partial charge on any atom is 0.238 e. The first-order valence-electron chi connectivity index (χ1n) is 10.2. The maximum absolute atomic E-state index is 12.3. The van der Waals surface area contributed by atoms with Crippen LogP contribution in [-0.2, 0) is 11.4 Å². The minimum Gasteiger partial charge on any atom is -0.392 e. The molecule has 1 aliphatic rings. The molecule has 2 aromatic carbocycles. The number of aliphatic hydroxyl groups is 2. The second-order valence-corrected chi connectivity index (χ2v) is 7.86. The van der Waals surface area contributed by atoms with Gasteiger partial charge < -0.3 is 20.8 Å². The third kappa shape index (κ3) is 6.03. The van der Waals surface area contributed by atoms with E-state index in [2.05, 4.69) is 21.6 Å². The fourth-order valence-electron chi connectivity index (χ4n) is 3.70. The zero-order chi connectivity index (χ0) is 20.8. The van der Waals surface area contributed by atoms with Gasteiger partial charge in [0.25, 0.3) is 0 Å². The Bertz CT molecular complexity index is 813. The fourth-order valence-corrected chi connectivity index (χ4v) is 3.70. The highest BCUT2D eigenvalue weighted by molar-refractivity contribution is 5.92. The van der Waals surface area contributed by atoms with E-state index >= 15 is 0 Å². The molecule has 1 saturated heterocycles. The standard InChI is InChI=1S/C23H31N3O3/c1-16-3-8-22(19(13-16)15-27)24-21-9-11-26(12-10-21)14-23(29)25-20-6-4-18(5-7-20)17(2)28/h3-8,13,17,21,24,27-28H,9-12,14-15H2,1-2H3,(H,25,29). The van der Waals surface area contributed by atoms with E-state index in [1.165, 1.54) is 0 Å². The number of aryl methyl sites for hydroxylation is 1. The van der Waals surface area contributed by atoms with Crippen LogP contribution in [0.2, 0.25) is 0 Å². The number of anilines is 2. The molecular weight excluding hydrogens is 366 g/mol. The number of aliphatic hydroxyl groups excluding tert-OH is 2. The zero-order valence-electron chi connectivity index (χ0n) is 17.2. The van der Waals surface area contributed by atoms with Gasteiger partial charge in [0.15, 0.2) is 0 Å². The number of piperidine rings is 1. The summed E-state index contributed by atoms with van der Waals surface area (Å²) >= 11 is 0. The number of likely N-dealkylation sites (tertiary alicyclic amines) is 1. The summed E-state index contributed by atoms with van der Waals surface area (Å²) < 4.78 is 0. The number of nitrogens with zero attached hydrogens (tertiary/aromatic N) is 1. The molecule has 156 valence electrons. The Morgan fingerprint density at radius 1 is 1.17 bits per heavy atom. The molecule has 0 aromatic heterocycles. The van der Waals surface area contributed by atoms with Crippen molar-refractivity contribution in [2.24, 2.45) is 0 Å². The summed E-state index contributed by atoms with van der Waals surface area (Å²) in [6.45, 7) is 5.85. The van der Waals surface area contributed by atoms with Gasteiger partial charge in [-0.05, 0) is 50.5 Å². The van der Waals surface area contributed by atoms with E-state index in [4.69, 9.17) is 0 Å². The van der Waals surface area contributed by atoms with E-state index < -0.39 is 6.10 Å². The molecule has 0 aliphatic carbocycles. The highest BCUT2D eigenvalue weighted by Gasteiger charge is 2.21. The SMILES string of the molecule is Cc1ccc(NC2CCN(CC(=O)Nc3ccc(C(C)O)cc3)CC2)c(CO)c1. The van der Waals surface area contributed by atoms with Gasteiger partial charge in [0.05, 0.1) is 19.3 Å². The van der Waals surface area contributed by atoms with Crippen molar-refractivity contribution in [1.82, 2.24) is 4.90 Å². The van der Waals surface area contributed by atoms with Crippen molar-refractivity contribution in [3.8, 4) is 0 Å². The van der Waals surface area contributed by atoms with Crippen LogP contribution in [0, 0.1) is 6.92 Å². The lowest BCUT2D eigenvalue weighted by Crippen LogP contribution is -2.42. The summed E-state index contributed by atoms with van der Waals surface area (Å²) in [5, 5.41) is 25.6. The molecule has 1 unspecified atom stereocenters. The Morgan fingerprint density at radius 2 is 1.86 bits per heavy atom. The van der Waals surface area contributed by atoms with E-state index in [1.54, 1.807) is 6.92 Å². The summed E-state index contributed by atoms with van der Waals surface area (Å²) in [6.07, 6.45) is 1.40. The average molecular weight is 398 g/mol. The predicted molar refractivity (Wildman–Crippen MR) is 116 cm³/mol. The Morgan fingerprint density at radius 3 is 2.48 bits per heavy atom. The number of hydrogen-bond acceptors (Lipinski definition) is 5. The van der Waals surface area contributed by atoms with Crippen molar-refractivity contribution in [2.75, 3.05) is 30.3 Å². The van der Waals surface area contributed by atoms with Crippen LogP contribution in [0.15, 0.2) is 42.5 Å². The first-order chi connectivity index (χ1) is 13.9. The zero-order valence-corrected chi connectivity index (χ0v) is 17.2. The number of rotatable bonds is 7. The molecule has 3 rings (SSSR count). The predicted octanol–water partition coefficient (Wildman–Crippen LogP) is 3.06. The fraction of sp³-hybridized carbons (Fsp3) is 0.435. The number of amides is 1. The molecule has 1 fully saturated rings. The number of hydrogen-bond donors (Lipinski definition) is 4.